The van der Waals surface area contributed by atoms with E-state index >= 15 is 0 Å². The van der Waals surface area contributed by atoms with Crippen molar-refractivity contribution in [3.63, 3.8) is 0 Å². The van der Waals surface area contributed by atoms with Gasteiger partial charge in [0.15, 0.2) is 16.6 Å². The fraction of sp³-hybridized carbons (Fsp3) is 0.133. The number of thiazole rings is 1. The van der Waals surface area contributed by atoms with Crippen molar-refractivity contribution in [1.82, 2.24) is 9.97 Å². The minimum absolute atomic E-state index is 0.257. The molecule has 116 valence electrons. The van der Waals surface area contributed by atoms with Gasteiger partial charge in [-0.25, -0.2) is 4.98 Å². The van der Waals surface area contributed by atoms with E-state index in [1.54, 1.807) is 6.07 Å². The second-order valence-corrected chi connectivity index (χ2v) is 5.91. The van der Waals surface area contributed by atoms with Gasteiger partial charge in [-0.1, -0.05) is 11.3 Å². The van der Waals surface area contributed by atoms with Crippen molar-refractivity contribution < 1.29 is 14.3 Å². The van der Waals surface area contributed by atoms with Crippen molar-refractivity contribution in [2.75, 3.05) is 18.5 Å². The Balaban J connectivity index is 1.62. The number of rotatable bonds is 2. The Morgan fingerprint density at radius 2 is 2.00 bits per heavy atom. The fourth-order valence-electron chi connectivity index (χ4n) is 2.24. The Morgan fingerprint density at radius 1 is 1.22 bits per heavy atom. The molecule has 23 heavy (non-hydrogen) atoms. The zero-order valence-electron chi connectivity index (χ0n) is 11.8. The number of anilines is 1. The van der Waals surface area contributed by atoms with Crippen molar-refractivity contribution in [3.8, 4) is 11.5 Å². The molecule has 0 radical (unpaired) electrons. The molecule has 1 amide bonds. The van der Waals surface area contributed by atoms with Crippen LogP contribution in [0.1, 0.15) is 10.4 Å². The number of H-pyrrole nitrogens is 1. The average molecular weight is 329 g/mol. The van der Waals surface area contributed by atoms with E-state index in [0.717, 1.165) is 10.2 Å². The van der Waals surface area contributed by atoms with Gasteiger partial charge in [0, 0.05) is 24.4 Å². The topological polar surface area (TPSA) is 93.3 Å². The van der Waals surface area contributed by atoms with E-state index in [1.807, 2.05) is 6.07 Å². The van der Waals surface area contributed by atoms with Crippen LogP contribution >= 0.6 is 11.3 Å². The summed E-state index contributed by atoms with van der Waals surface area (Å²) in [4.78, 5) is 30.0. The van der Waals surface area contributed by atoms with Gasteiger partial charge in [-0.15, -0.1) is 0 Å². The smallest absolute Gasteiger partial charge is 0.258 e. The summed E-state index contributed by atoms with van der Waals surface area (Å²) in [6.07, 6.45) is 1.37. The van der Waals surface area contributed by atoms with Crippen molar-refractivity contribution >= 4 is 32.6 Å². The summed E-state index contributed by atoms with van der Waals surface area (Å²) in [5.74, 6) is 1.01. The minimum atomic E-state index is -0.336. The highest BCUT2D eigenvalue weighted by Crippen LogP contribution is 2.37. The van der Waals surface area contributed by atoms with Crippen LogP contribution < -0.4 is 20.3 Å². The summed E-state index contributed by atoms with van der Waals surface area (Å²) >= 11 is 1.35. The summed E-state index contributed by atoms with van der Waals surface area (Å²) < 4.78 is 12.0. The number of carbonyl (C=O) groups excluding carboxylic acids is 1. The second kappa shape index (κ2) is 5.40. The van der Waals surface area contributed by atoms with Crippen LogP contribution in [0, 0.1) is 0 Å². The number of aromatic amines is 1. The van der Waals surface area contributed by atoms with Crippen LogP contribution in [0.2, 0.25) is 0 Å². The summed E-state index contributed by atoms with van der Waals surface area (Å²) in [5.41, 5.74) is 0.831. The molecular weight excluding hydrogens is 318 g/mol. The number of fused-ring (bicyclic) bond motifs is 2. The number of nitrogens with one attached hydrogen (secondary N) is 2. The number of carbonyl (C=O) groups is 1. The Labute approximate surface area is 133 Å². The maximum atomic E-state index is 12.1. The molecule has 2 N–H and O–H groups in total. The standard InChI is InChI=1S/C15H11N3O4S/c19-13-2-1-8(7-16-13)14(20)18-15-17-9-5-10-11(6-12(9)23-15)22-4-3-21-10/h1-2,5-7H,3-4H2,(H,16,19)(H,17,18,20). The Bertz CT molecular complexity index is 900. The van der Waals surface area contributed by atoms with Gasteiger partial charge in [0.2, 0.25) is 5.56 Å². The largest absolute Gasteiger partial charge is 0.486 e. The molecule has 8 heteroatoms. The second-order valence-electron chi connectivity index (χ2n) is 4.88. The number of amides is 1. The van der Waals surface area contributed by atoms with E-state index in [4.69, 9.17) is 9.47 Å². The Morgan fingerprint density at radius 3 is 2.74 bits per heavy atom. The third kappa shape index (κ3) is 2.64. The lowest BCUT2D eigenvalue weighted by molar-refractivity contribution is 0.102. The molecule has 7 nitrogen and oxygen atoms in total. The molecule has 0 spiro atoms. The Kier molecular flexibility index (Phi) is 3.23. The lowest BCUT2D eigenvalue weighted by Crippen LogP contribution is -2.15. The SMILES string of the molecule is O=C(Nc1nc2cc3c(cc2s1)OCCO3)c1ccc(=O)[nH]c1. The molecule has 0 saturated heterocycles. The normalized spacial score (nSPS) is 13.0. The number of aromatic nitrogens is 2. The van der Waals surface area contributed by atoms with Crippen LogP contribution in [0.4, 0.5) is 5.13 Å². The van der Waals surface area contributed by atoms with Crippen molar-refractivity contribution in [2.24, 2.45) is 0 Å². The Hall–Kier alpha value is -2.87. The van der Waals surface area contributed by atoms with Crippen LogP contribution in [-0.2, 0) is 0 Å². The summed E-state index contributed by atoms with van der Waals surface area (Å²) in [5, 5.41) is 3.19. The third-order valence-corrected chi connectivity index (χ3v) is 4.25. The molecule has 3 aromatic rings. The highest BCUT2D eigenvalue weighted by Gasteiger charge is 2.16. The zero-order valence-corrected chi connectivity index (χ0v) is 12.6. The monoisotopic (exact) mass is 329 g/mol. The van der Waals surface area contributed by atoms with Crippen LogP contribution in [0.25, 0.3) is 10.2 Å². The first kappa shape index (κ1) is 13.8. The molecule has 0 bridgehead atoms. The molecule has 0 fully saturated rings. The highest BCUT2D eigenvalue weighted by atomic mass is 32.1. The van der Waals surface area contributed by atoms with E-state index in [-0.39, 0.29) is 11.5 Å². The number of benzene rings is 1. The molecular formula is C15H11N3O4S. The number of pyridine rings is 1. The predicted octanol–water partition coefficient (Wildman–Crippen LogP) is 2.01. The molecule has 0 aliphatic carbocycles. The van der Waals surface area contributed by atoms with Gasteiger partial charge in [0.25, 0.3) is 5.91 Å². The fourth-order valence-corrected chi connectivity index (χ4v) is 3.11. The first-order valence-electron chi connectivity index (χ1n) is 6.89. The minimum Gasteiger partial charge on any atom is -0.486 e. The summed E-state index contributed by atoms with van der Waals surface area (Å²) in [7, 11) is 0. The molecule has 2 aromatic heterocycles. The first-order valence-corrected chi connectivity index (χ1v) is 7.71. The number of hydrogen-bond acceptors (Lipinski definition) is 6. The van der Waals surface area contributed by atoms with Crippen molar-refractivity contribution in [1.29, 1.82) is 0 Å². The van der Waals surface area contributed by atoms with Crippen LogP contribution in [0.5, 0.6) is 11.5 Å². The predicted molar refractivity (Wildman–Crippen MR) is 85.6 cm³/mol. The molecule has 0 saturated carbocycles. The van der Waals surface area contributed by atoms with Gasteiger partial charge in [0.1, 0.15) is 13.2 Å². The van der Waals surface area contributed by atoms with Crippen molar-refractivity contribution in [2.45, 2.75) is 0 Å². The number of ether oxygens (including phenoxy) is 2. The van der Waals surface area contributed by atoms with Gasteiger partial charge in [-0.3, -0.25) is 14.9 Å². The van der Waals surface area contributed by atoms with E-state index in [0.29, 0.717) is 35.4 Å². The maximum absolute atomic E-state index is 12.1. The quantitative estimate of drug-likeness (QED) is 0.750. The van der Waals surface area contributed by atoms with E-state index in [2.05, 4.69) is 15.3 Å². The van der Waals surface area contributed by atoms with E-state index in [1.165, 1.54) is 29.7 Å². The van der Waals surface area contributed by atoms with Gasteiger partial charge in [-0.05, 0) is 6.07 Å². The van der Waals surface area contributed by atoms with Crippen LogP contribution in [-0.4, -0.2) is 29.1 Å². The summed E-state index contributed by atoms with van der Waals surface area (Å²) in [6, 6.07) is 6.42. The van der Waals surface area contributed by atoms with Gasteiger partial charge in [0.05, 0.1) is 15.8 Å². The number of hydrogen-bond donors (Lipinski definition) is 2. The van der Waals surface area contributed by atoms with Gasteiger partial charge < -0.3 is 14.5 Å². The molecule has 0 unspecified atom stereocenters. The van der Waals surface area contributed by atoms with E-state index < -0.39 is 0 Å². The lowest BCUT2D eigenvalue weighted by Gasteiger charge is -2.17. The lowest BCUT2D eigenvalue weighted by atomic mass is 10.3. The van der Waals surface area contributed by atoms with Crippen molar-refractivity contribution in [3.05, 3.63) is 46.4 Å². The molecule has 3 heterocycles. The summed E-state index contributed by atoms with van der Waals surface area (Å²) in [6.45, 7) is 1.03. The van der Waals surface area contributed by atoms with Gasteiger partial charge >= 0.3 is 0 Å². The molecule has 1 aromatic carbocycles. The first-order chi connectivity index (χ1) is 11.2. The van der Waals surface area contributed by atoms with Crippen LogP contribution in [0.15, 0.2) is 35.3 Å². The maximum Gasteiger partial charge on any atom is 0.258 e. The average Bonchev–Trinajstić information content (AvgIpc) is 2.94. The highest BCUT2D eigenvalue weighted by molar-refractivity contribution is 7.22. The van der Waals surface area contributed by atoms with Gasteiger partial charge in [-0.2, -0.15) is 0 Å². The third-order valence-electron chi connectivity index (χ3n) is 3.32. The van der Waals surface area contributed by atoms with Crippen LogP contribution in [0.3, 0.4) is 0 Å². The molecule has 0 atom stereocenters. The number of nitrogens with zero attached hydrogens (tertiary/aromatic N) is 1. The molecule has 1 aliphatic rings. The molecule has 1 aliphatic heterocycles. The molecule has 4 rings (SSSR count). The zero-order chi connectivity index (χ0) is 15.8. The van der Waals surface area contributed by atoms with E-state index in [9.17, 15) is 9.59 Å².